The number of halogens is 1. The highest BCUT2D eigenvalue weighted by molar-refractivity contribution is 9.10. The number of carbonyl (C=O) groups excluding carboxylic acids is 1. The second-order valence-corrected chi connectivity index (χ2v) is 6.19. The quantitative estimate of drug-likeness (QED) is 0.710. The van der Waals surface area contributed by atoms with E-state index in [4.69, 9.17) is 0 Å². The Morgan fingerprint density at radius 1 is 1.26 bits per heavy atom. The summed E-state index contributed by atoms with van der Waals surface area (Å²) in [5.74, 6) is 0.227. The molecule has 122 valence electrons. The van der Waals surface area contributed by atoms with Crippen molar-refractivity contribution in [2.45, 2.75) is 33.1 Å². The van der Waals surface area contributed by atoms with Crippen LogP contribution >= 0.6 is 15.9 Å². The first kappa shape index (κ1) is 17.4. The molecule has 0 fully saturated rings. The van der Waals surface area contributed by atoms with Crippen LogP contribution in [0.3, 0.4) is 0 Å². The van der Waals surface area contributed by atoms with Crippen molar-refractivity contribution in [3.05, 3.63) is 46.2 Å². The molecule has 6 heteroatoms. The molecule has 0 spiro atoms. The van der Waals surface area contributed by atoms with E-state index in [-0.39, 0.29) is 5.91 Å². The average Bonchev–Trinajstić information content (AvgIpc) is 2.54. The van der Waals surface area contributed by atoms with Gasteiger partial charge in [-0.15, -0.1) is 0 Å². The first-order valence-electron chi connectivity index (χ1n) is 7.74. The highest BCUT2D eigenvalue weighted by atomic mass is 79.9. The van der Waals surface area contributed by atoms with Crippen molar-refractivity contribution in [1.29, 1.82) is 0 Å². The number of hydrogen-bond acceptors (Lipinski definition) is 4. The summed E-state index contributed by atoms with van der Waals surface area (Å²) in [5.41, 5.74) is 2.38. The van der Waals surface area contributed by atoms with Gasteiger partial charge < -0.3 is 10.6 Å². The zero-order chi connectivity index (χ0) is 16.7. The van der Waals surface area contributed by atoms with Gasteiger partial charge in [-0.1, -0.05) is 25.8 Å². The minimum absolute atomic E-state index is 0.172. The summed E-state index contributed by atoms with van der Waals surface area (Å²) in [5, 5.41) is 6.00. The monoisotopic (exact) mass is 376 g/mol. The van der Waals surface area contributed by atoms with E-state index in [1.165, 1.54) is 0 Å². The van der Waals surface area contributed by atoms with Crippen molar-refractivity contribution in [2.24, 2.45) is 0 Å². The number of nitrogens with zero attached hydrogens (tertiary/aromatic N) is 2. The molecular weight excluding hydrogens is 356 g/mol. The zero-order valence-corrected chi connectivity index (χ0v) is 15.0. The molecule has 2 rings (SSSR count). The van der Waals surface area contributed by atoms with Crippen LogP contribution in [0.2, 0.25) is 0 Å². The molecule has 0 saturated heterocycles. The number of rotatable bonds is 7. The maximum Gasteiger partial charge on any atom is 0.270 e. The molecule has 0 unspecified atom stereocenters. The number of nitrogens with one attached hydrogen (secondary N) is 2. The highest BCUT2D eigenvalue weighted by Crippen LogP contribution is 2.25. The molecule has 0 aliphatic carbocycles. The SMILES string of the molecule is CCCCCNC(=O)c1ccnc(Nc2ccc(C)cc2Br)n1. The lowest BCUT2D eigenvalue weighted by Gasteiger charge is -2.09. The van der Waals surface area contributed by atoms with Crippen molar-refractivity contribution >= 4 is 33.5 Å². The molecule has 1 amide bonds. The number of benzene rings is 1. The largest absolute Gasteiger partial charge is 0.351 e. The van der Waals surface area contributed by atoms with E-state index < -0.39 is 0 Å². The molecule has 0 saturated carbocycles. The van der Waals surface area contributed by atoms with E-state index in [0.29, 0.717) is 18.2 Å². The summed E-state index contributed by atoms with van der Waals surface area (Å²) in [7, 11) is 0. The maximum absolute atomic E-state index is 12.1. The Labute approximate surface area is 145 Å². The van der Waals surface area contributed by atoms with E-state index in [0.717, 1.165) is 35.0 Å². The first-order chi connectivity index (χ1) is 11.1. The number of hydrogen-bond donors (Lipinski definition) is 2. The zero-order valence-electron chi connectivity index (χ0n) is 13.4. The Hall–Kier alpha value is -1.95. The van der Waals surface area contributed by atoms with Crippen LogP contribution in [-0.2, 0) is 0 Å². The van der Waals surface area contributed by atoms with Crippen LogP contribution < -0.4 is 10.6 Å². The van der Waals surface area contributed by atoms with Gasteiger partial charge in [-0.3, -0.25) is 4.79 Å². The van der Waals surface area contributed by atoms with Crippen LogP contribution in [0.4, 0.5) is 11.6 Å². The number of anilines is 2. The smallest absolute Gasteiger partial charge is 0.270 e. The van der Waals surface area contributed by atoms with Crippen molar-refractivity contribution in [3.63, 3.8) is 0 Å². The van der Waals surface area contributed by atoms with Gasteiger partial charge in [0.25, 0.3) is 5.91 Å². The van der Waals surface area contributed by atoms with Crippen LogP contribution in [-0.4, -0.2) is 22.4 Å². The number of aryl methyl sites for hydroxylation is 1. The molecule has 0 aliphatic rings. The number of aromatic nitrogens is 2. The molecule has 1 aromatic carbocycles. The molecule has 1 heterocycles. The molecule has 23 heavy (non-hydrogen) atoms. The third kappa shape index (κ3) is 5.32. The van der Waals surface area contributed by atoms with Crippen LogP contribution in [0.1, 0.15) is 42.2 Å². The van der Waals surface area contributed by atoms with Crippen LogP contribution in [0.15, 0.2) is 34.9 Å². The Bertz CT molecular complexity index is 675. The van der Waals surface area contributed by atoms with E-state index >= 15 is 0 Å². The van der Waals surface area contributed by atoms with E-state index in [9.17, 15) is 4.79 Å². The van der Waals surface area contributed by atoms with Gasteiger partial charge in [-0.05, 0) is 53.0 Å². The van der Waals surface area contributed by atoms with Crippen LogP contribution in [0, 0.1) is 6.92 Å². The van der Waals surface area contributed by atoms with Gasteiger partial charge in [0.15, 0.2) is 0 Å². The number of carbonyl (C=O) groups is 1. The summed E-state index contributed by atoms with van der Waals surface area (Å²) in [4.78, 5) is 20.5. The predicted molar refractivity (Wildman–Crippen MR) is 96.1 cm³/mol. The lowest BCUT2D eigenvalue weighted by molar-refractivity contribution is 0.0948. The normalized spacial score (nSPS) is 10.4. The molecule has 1 aromatic heterocycles. The van der Waals surface area contributed by atoms with Gasteiger partial charge in [-0.25, -0.2) is 9.97 Å². The molecule has 5 nitrogen and oxygen atoms in total. The summed E-state index contributed by atoms with van der Waals surface area (Å²) in [6.07, 6.45) is 4.80. The maximum atomic E-state index is 12.1. The summed E-state index contributed by atoms with van der Waals surface area (Å²) in [6.45, 7) is 4.82. The Morgan fingerprint density at radius 2 is 2.09 bits per heavy atom. The fourth-order valence-electron chi connectivity index (χ4n) is 2.05. The van der Waals surface area contributed by atoms with Crippen molar-refractivity contribution in [2.75, 3.05) is 11.9 Å². The third-order valence-corrected chi connectivity index (χ3v) is 3.98. The minimum Gasteiger partial charge on any atom is -0.351 e. The van der Waals surface area contributed by atoms with Crippen molar-refractivity contribution in [3.8, 4) is 0 Å². The topological polar surface area (TPSA) is 66.9 Å². The molecule has 0 atom stereocenters. The highest BCUT2D eigenvalue weighted by Gasteiger charge is 2.09. The Balaban J connectivity index is 2.03. The van der Waals surface area contributed by atoms with Gasteiger partial charge in [0.1, 0.15) is 5.69 Å². The van der Waals surface area contributed by atoms with Gasteiger partial charge in [-0.2, -0.15) is 0 Å². The molecule has 0 aliphatic heterocycles. The van der Waals surface area contributed by atoms with E-state index in [1.807, 2.05) is 25.1 Å². The first-order valence-corrected chi connectivity index (χ1v) is 8.54. The molecule has 2 aromatic rings. The lowest BCUT2D eigenvalue weighted by atomic mass is 10.2. The number of amides is 1. The fraction of sp³-hybridized carbons (Fsp3) is 0.353. The van der Waals surface area contributed by atoms with Gasteiger partial charge >= 0.3 is 0 Å². The van der Waals surface area contributed by atoms with Crippen molar-refractivity contribution < 1.29 is 4.79 Å². The van der Waals surface area contributed by atoms with Gasteiger partial charge in [0.2, 0.25) is 5.95 Å². The lowest BCUT2D eigenvalue weighted by Crippen LogP contribution is -2.25. The third-order valence-electron chi connectivity index (χ3n) is 3.33. The molecule has 0 radical (unpaired) electrons. The van der Waals surface area contributed by atoms with E-state index in [2.05, 4.69) is 43.5 Å². The second kappa shape index (κ2) is 8.62. The molecule has 2 N–H and O–H groups in total. The summed E-state index contributed by atoms with van der Waals surface area (Å²) < 4.78 is 0.926. The fourth-order valence-corrected chi connectivity index (χ4v) is 2.65. The van der Waals surface area contributed by atoms with Gasteiger partial charge in [0, 0.05) is 17.2 Å². The van der Waals surface area contributed by atoms with E-state index in [1.54, 1.807) is 12.3 Å². The predicted octanol–water partition coefficient (Wildman–Crippen LogP) is 4.21. The summed E-state index contributed by atoms with van der Waals surface area (Å²) in [6, 6.07) is 7.56. The van der Waals surface area contributed by atoms with Gasteiger partial charge in [0.05, 0.1) is 5.69 Å². The Kier molecular flexibility index (Phi) is 6.52. The average molecular weight is 377 g/mol. The van der Waals surface area contributed by atoms with Crippen molar-refractivity contribution in [1.82, 2.24) is 15.3 Å². The second-order valence-electron chi connectivity index (χ2n) is 5.34. The minimum atomic E-state index is -0.172. The molecule has 0 bridgehead atoms. The van der Waals surface area contributed by atoms with Crippen LogP contribution in [0.5, 0.6) is 0 Å². The summed E-state index contributed by atoms with van der Waals surface area (Å²) >= 11 is 3.50. The molecular formula is C17H21BrN4O. The van der Waals surface area contributed by atoms with Crippen LogP contribution in [0.25, 0.3) is 0 Å². The standard InChI is InChI=1S/C17H21BrN4O/c1-3-4-5-9-19-16(23)15-8-10-20-17(22-15)21-14-7-6-12(2)11-13(14)18/h6-8,10-11H,3-5,9H2,1-2H3,(H,19,23)(H,20,21,22). The number of unbranched alkanes of at least 4 members (excludes halogenated alkanes) is 2. The Morgan fingerprint density at radius 3 is 2.83 bits per heavy atom.